The smallest absolute Gasteiger partial charge is 0.306 e. The number of esters is 1. The van der Waals surface area contributed by atoms with Crippen molar-refractivity contribution in [2.75, 3.05) is 13.2 Å². The minimum absolute atomic E-state index is 0.0898. The van der Waals surface area contributed by atoms with Crippen LogP contribution in [0, 0.1) is 17.8 Å². The number of carbonyl (C=O) groups excluding carboxylic acids is 1. The van der Waals surface area contributed by atoms with Crippen LogP contribution in [-0.2, 0) is 9.53 Å². The molecule has 0 amide bonds. The molecule has 0 saturated heterocycles. The van der Waals surface area contributed by atoms with Crippen LogP contribution >= 0.6 is 0 Å². The number of allylic oxidation sites excluding steroid dienone is 2. The summed E-state index contributed by atoms with van der Waals surface area (Å²) in [6, 6.07) is 0. The van der Waals surface area contributed by atoms with E-state index in [0.29, 0.717) is 31.4 Å². The van der Waals surface area contributed by atoms with Gasteiger partial charge in [0.25, 0.3) is 0 Å². The van der Waals surface area contributed by atoms with Gasteiger partial charge >= 0.3 is 5.97 Å². The minimum Gasteiger partial charge on any atom is -0.465 e. The third-order valence-electron chi connectivity index (χ3n) is 3.18. The van der Waals surface area contributed by atoms with E-state index >= 15 is 0 Å². The van der Waals surface area contributed by atoms with Crippen molar-refractivity contribution in [3.8, 4) is 0 Å². The van der Waals surface area contributed by atoms with Gasteiger partial charge in [0.2, 0.25) is 0 Å². The predicted octanol–water partition coefficient (Wildman–Crippen LogP) is 2.51. The van der Waals surface area contributed by atoms with Gasteiger partial charge in [0.05, 0.1) is 6.61 Å². The first kappa shape index (κ1) is 14.2. The van der Waals surface area contributed by atoms with Crippen LogP contribution in [-0.4, -0.2) is 19.1 Å². The minimum atomic E-state index is -0.0898. The normalized spacial score (nSPS) is 17.6. The standard InChI is InChI=1S/C14H25NO2/c1-11(2)7-13(9-15)8-14(16)17-10-12-5-3-4-6-12/h3-4,11-13H,5-10,15H2,1-2H3/t13-/m0/s1. The SMILES string of the molecule is CC(C)C[C@H](CN)CC(=O)OCC1CC=CC1. The molecule has 0 aliphatic heterocycles. The summed E-state index contributed by atoms with van der Waals surface area (Å²) in [5.74, 6) is 1.26. The molecule has 0 unspecified atom stereocenters. The fourth-order valence-corrected chi connectivity index (χ4v) is 2.24. The van der Waals surface area contributed by atoms with Crippen LogP contribution in [0.4, 0.5) is 0 Å². The molecule has 0 aromatic carbocycles. The molecule has 0 fully saturated rings. The monoisotopic (exact) mass is 239 g/mol. The molecule has 0 radical (unpaired) electrons. The first-order valence-electron chi connectivity index (χ1n) is 6.62. The van der Waals surface area contributed by atoms with Crippen molar-refractivity contribution in [3.63, 3.8) is 0 Å². The molecule has 98 valence electrons. The predicted molar refractivity (Wildman–Crippen MR) is 69.4 cm³/mol. The first-order valence-corrected chi connectivity index (χ1v) is 6.62. The molecular formula is C14H25NO2. The third-order valence-corrected chi connectivity index (χ3v) is 3.18. The van der Waals surface area contributed by atoms with Gasteiger partial charge in [-0.25, -0.2) is 0 Å². The van der Waals surface area contributed by atoms with Gasteiger partial charge in [0.15, 0.2) is 0 Å². The van der Waals surface area contributed by atoms with Crippen molar-refractivity contribution in [2.45, 2.75) is 39.5 Å². The van der Waals surface area contributed by atoms with Gasteiger partial charge in [0, 0.05) is 6.42 Å². The topological polar surface area (TPSA) is 52.3 Å². The third kappa shape index (κ3) is 5.87. The molecule has 1 aliphatic carbocycles. The summed E-state index contributed by atoms with van der Waals surface area (Å²) >= 11 is 0. The van der Waals surface area contributed by atoms with Crippen molar-refractivity contribution in [1.29, 1.82) is 0 Å². The zero-order chi connectivity index (χ0) is 12.7. The average molecular weight is 239 g/mol. The molecule has 3 heteroatoms. The summed E-state index contributed by atoms with van der Waals surface area (Å²) in [5.41, 5.74) is 5.67. The van der Waals surface area contributed by atoms with Crippen molar-refractivity contribution in [3.05, 3.63) is 12.2 Å². The molecule has 3 nitrogen and oxygen atoms in total. The Labute approximate surface area is 104 Å². The maximum atomic E-state index is 11.7. The Balaban J connectivity index is 2.17. The highest BCUT2D eigenvalue weighted by Crippen LogP contribution is 2.19. The Kier molecular flexibility index (Phi) is 6.27. The Bertz CT molecular complexity index is 253. The van der Waals surface area contributed by atoms with Crippen molar-refractivity contribution < 1.29 is 9.53 Å². The maximum absolute atomic E-state index is 11.7. The molecular weight excluding hydrogens is 214 g/mol. The average Bonchev–Trinajstić information content (AvgIpc) is 2.77. The Hall–Kier alpha value is -0.830. The summed E-state index contributed by atoms with van der Waals surface area (Å²) in [7, 11) is 0. The molecule has 17 heavy (non-hydrogen) atoms. The quantitative estimate of drug-likeness (QED) is 0.548. The van der Waals surface area contributed by atoms with E-state index in [1.807, 2.05) is 0 Å². The van der Waals surface area contributed by atoms with Gasteiger partial charge in [-0.1, -0.05) is 26.0 Å². The molecule has 0 aromatic heterocycles. The fourth-order valence-electron chi connectivity index (χ4n) is 2.24. The summed E-state index contributed by atoms with van der Waals surface area (Å²) in [6.07, 6.45) is 7.85. The summed E-state index contributed by atoms with van der Waals surface area (Å²) in [6.45, 7) is 5.43. The highest BCUT2D eigenvalue weighted by atomic mass is 16.5. The molecule has 0 saturated carbocycles. The number of carbonyl (C=O) groups is 1. The Morgan fingerprint density at radius 3 is 2.59 bits per heavy atom. The maximum Gasteiger partial charge on any atom is 0.306 e. The van der Waals surface area contributed by atoms with Crippen LogP contribution in [0.25, 0.3) is 0 Å². The lowest BCUT2D eigenvalue weighted by Gasteiger charge is -2.17. The highest BCUT2D eigenvalue weighted by molar-refractivity contribution is 5.69. The summed E-state index contributed by atoms with van der Waals surface area (Å²) in [4.78, 5) is 11.7. The Morgan fingerprint density at radius 2 is 2.06 bits per heavy atom. The molecule has 1 atom stereocenters. The Morgan fingerprint density at radius 1 is 1.41 bits per heavy atom. The number of hydrogen-bond acceptors (Lipinski definition) is 3. The molecule has 0 bridgehead atoms. The van der Waals surface area contributed by atoms with Gasteiger partial charge in [0.1, 0.15) is 0 Å². The second kappa shape index (κ2) is 7.49. The van der Waals surface area contributed by atoms with E-state index in [1.54, 1.807) is 0 Å². The van der Waals surface area contributed by atoms with Crippen LogP contribution < -0.4 is 5.73 Å². The van der Waals surface area contributed by atoms with Gasteiger partial charge in [-0.15, -0.1) is 0 Å². The van der Waals surface area contributed by atoms with E-state index in [9.17, 15) is 4.79 Å². The van der Waals surface area contributed by atoms with Crippen LogP contribution in [0.2, 0.25) is 0 Å². The largest absolute Gasteiger partial charge is 0.465 e. The van der Waals surface area contributed by atoms with Crippen molar-refractivity contribution in [2.24, 2.45) is 23.5 Å². The van der Waals surface area contributed by atoms with Gasteiger partial charge in [-0.05, 0) is 43.6 Å². The van der Waals surface area contributed by atoms with Crippen molar-refractivity contribution in [1.82, 2.24) is 0 Å². The molecule has 0 heterocycles. The van der Waals surface area contributed by atoms with Crippen LogP contribution in [0.1, 0.15) is 39.5 Å². The first-order chi connectivity index (χ1) is 8.11. The lowest BCUT2D eigenvalue weighted by atomic mass is 9.94. The van der Waals surface area contributed by atoms with E-state index in [-0.39, 0.29) is 11.9 Å². The molecule has 2 N–H and O–H groups in total. The number of rotatable bonds is 7. The second-order valence-electron chi connectivity index (χ2n) is 5.43. The fraction of sp³-hybridized carbons (Fsp3) is 0.786. The summed E-state index contributed by atoms with van der Waals surface area (Å²) < 4.78 is 5.31. The van der Waals surface area contributed by atoms with Gasteiger partial charge < -0.3 is 10.5 Å². The number of nitrogens with two attached hydrogens (primary N) is 1. The van der Waals surface area contributed by atoms with E-state index in [0.717, 1.165) is 19.3 Å². The van der Waals surface area contributed by atoms with Gasteiger partial charge in [-0.2, -0.15) is 0 Å². The molecule has 0 aromatic rings. The second-order valence-corrected chi connectivity index (χ2v) is 5.43. The van der Waals surface area contributed by atoms with Crippen molar-refractivity contribution >= 4 is 5.97 Å². The number of hydrogen-bond donors (Lipinski definition) is 1. The van der Waals surface area contributed by atoms with E-state index < -0.39 is 0 Å². The summed E-state index contributed by atoms with van der Waals surface area (Å²) in [5, 5.41) is 0. The van der Waals surface area contributed by atoms with Crippen LogP contribution in [0.5, 0.6) is 0 Å². The van der Waals surface area contributed by atoms with Crippen LogP contribution in [0.3, 0.4) is 0 Å². The lowest BCUT2D eigenvalue weighted by Crippen LogP contribution is -2.22. The van der Waals surface area contributed by atoms with Gasteiger partial charge in [-0.3, -0.25) is 4.79 Å². The number of ether oxygens (including phenoxy) is 1. The van der Waals surface area contributed by atoms with Crippen LogP contribution in [0.15, 0.2) is 12.2 Å². The molecule has 1 aliphatic rings. The molecule has 1 rings (SSSR count). The van der Waals surface area contributed by atoms with E-state index in [1.165, 1.54) is 0 Å². The lowest BCUT2D eigenvalue weighted by molar-refractivity contribution is -0.146. The van der Waals surface area contributed by atoms with E-state index in [4.69, 9.17) is 10.5 Å². The highest BCUT2D eigenvalue weighted by Gasteiger charge is 2.17. The molecule has 0 spiro atoms. The van der Waals surface area contributed by atoms with E-state index in [2.05, 4.69) is 26.0 Å². The zero-order valence-electron chi connectivity index (χ0n) is 11.0. The zero-order valence-corrected chi connectivity index (χ0v) is 11.0.